The highest BCUT2D eigenvalue weighted by Crippen LogP contribution is 2.16. The third kappa shape index (κ3) is 3.23. The monoisotopic (exact) mass is 325 g/mol. The van der Waals surface area contributed by atoms with Crippen molar-refractivity contribution in [2.45, 2.75) is 13.5 Å². The molecule has 124 valence electrons. The fraction of sp³-hybridized carbons (Fsp3) is 0.222. The molecule has 0 unspecified atom stereocenters. The van der Waals surface area contributed by atoms with Crippen molar-refractivity contribution >= 4 is 22.6 Å². The highest BCUT2D eigenvalue weighted by molar-refractivity contribution is 6.05. The van der Waals surface area contributed by atoms with Gasteiger partial charge < -0.3 is 15.0 Å². The molecule has 6 heteroatoms. The zero-order valence-corrected chi connectivity index (χ0v) is 13.6. The van der Waals surface area contributed by atoms with Gasteiger partial charge in [-0.15, -0.1) is 0 Å². The van der Waals surface area contributed by atoms with Crippen molar-refractivity contribution in [1.29, 1.82) is 0 Å². The minimum absolute atomic E-state index is 0.210. The zero-order chi connectivity index (χ0) is 17.1. The topological polar surface area (TPSA) is 76.1 Å². The Bertz CT molecular complexity index is 940. The number of nitrogens with one attached hydrogen (secondary N) is 2. The molecule has 0 radical (unpaired) electrons. The number of aromatic nitrogens is 2. The minimum Gasteiger partial charge on any atom is -0.383 e. The Balaban J connectivity index is 1.88. The smallest absolute Gasteiger partial charge is 0.326 e. The van der Waals surface area contributed by atoms with E-state index in [9.17, 15) is 9.59 Å². The summed E-state index contributed by atoms with van der Waals surface area (Å²) in [6, 6.07) is 12.8. The van der Waals surface area contributed by atoms with E-state index in [-0.39, 0.29) is 11.6 Å². The number of benzene rings is 2. The van der Waals surface area contributed by atoms with E-state index >= 15 is 0 Å². The first-order valence-electron chi connectivity index (χ1n) is 7.68. The van der Waals surface area contributed by atoms with Gasteiger partial charge in [0.1, 0.15) is 0 Å². The Labute approximate surface area is 139 Å². The number of H-pyrrole nitrogens is 1. The lowest BCUT2D eigenvalue weighted by Crippen LogP contribution is -2.19. The largest absolute Gasteiger partial charge is 0.383 e. The molecule has 0 aliphatic rings. The molecule has 0 saturated heterocycles. The summed E-state index contributed by atoms with van der Waals surface area (Å²) in [4.78, 5) is 27.2. The number of anilines is 1. The molecule has 0 atom stereocenters. The fourth-order valence-corrected chi connectivity index (χ4v) is 2.64. The Kier molecular flexibility index (Phi) is 4.48. The number of aromatic amines is 1. The van der Waals surface area contributed by atoms with E-state index in [1.54, 1.807) is 29.9 Å². The van der Waals surface area contributed by atoms with Crippen molar-refractivity contribution in [3.8, 4) is 0 Å². The Morgan fingerprint density at radius 2 is 2.08 bits per heavy atom. The molecule has 24 heavy (non-hydrogen) atoms. The van der Waals surface area contributed by atoms with Crippen LogP contribution in [0.4, 0.5) is 5.69 Å². The minimum atomic E-state index is -0.215. The lowest BCUT2D eigenvalue weighted by atomic mass is 10.1. The summed E-state index contributed by atoms with van der Waals surface area (Å²) in [5.74, 6) is -0.215. The number of hydrogen-bond donors (Lipinski definition) is 2. The average molecular weight is 325 g/mol. The highest BCUT2D eigenvalue weighted by atomic mass is 16.5. The molecular formula is C18H19N3O3. The molecule has 6 nitrogen and oxygen atoms in total. The number of methoxy groups -OCH3 is 1. The van der Waals surface area contributed by atoms with Crippen LogP contribution in [0.1, 0.15) is 15.9 Å². The van der Waals surface area contributed by atoms with Crippen LogP contribution in [0, 0.1) is 6.92 Å². The van der Waals surface area contributed by atoms with Crippen molar-refractivity contribution < 1.29 is 9.53 Å². The Morgan fingerprint density at radius 1 is 1.25 bits per heavy atom. The van der Waals surface area contributed by atoms with E-state index in [0.717, 1.165) is 16.8 Å². The van der Waals surface area contributed by atoms with Crippen LogP contribution in [-0.2, 0) is 11.3 Å². The first-order valence-corrected chi connectivity index (χ1v) is 7.68. The second-order valence-corrected chi connectivity index (χ2v) is 5.63. The van der Waals surface area contributed by atoms with Gasteiger partial charge in [0.05, 0.1) is 24.2 Å². The van der Waals surface area contributed by atoms with Gasteiger partial charge in [0.2, 0.25) is 0 Å². The average Bonchev–Trinajstić information content (AvgIpc) is 2.87. The van der Waals surface area contributed by atoms with Gasteiger partial charge in [-0.1, -0.05) is 12.1 Å². The number of imidazole rings is 1. The number of aryl methyl sites for hydroxylation is 1. The maximum Gasteiger partial charge on any atom is 0.326 e. The van der Waals surface area contributed by atoms with E-state index in [1.165, 1.54) is 0 Å². The van der Waals surface area contributed by atoms with E-state index in [2.05, 4.69) is 10.3 Å². The third-order valence-electron chi connectivity index (χ3n) is 3.83. The molecule has 0 aliphatic heterocycles. The molecule has 1 amide bonds. The van der Waals surface area contributed by atoms with Gasteiger partial charge in [-0.2, -0.15) is 0 Å². The summed E-state index contributed by atoms with van der Waals surface area (Å²) in [6.45, 7) is 2.88. The summed E-state index contributed by atoms with van der Waals surface area (Å²) in [7, 11) is 1.59. The number of carbonyl (C=O) groups excluding carboxylic acids is 1. The van der Waals surface area contributed by atoms with Gasteiger partial charge in [0.15, 0.2) is 0 Å². The van der Waals surface area contributed by atoms with Crippen molar-refractivity contribution in [3.05, 3.63) is 64.1 Å². The molecule has 0 bridgehead atoms. The standard InChI is InChI=1S/C18H19N3O3/c1-12-4-3-5-14(10-12)19-17(22)13-6-7-16-15(11-13)20-18(23)21(16)8-9-24-2/h3-7,10-11H,8-9H2,1-2H3,(H,19,22)(H,20,23). The van der Waals surface area contributed by atoms with E-state index in [0.29, 0.717) is 24.2 Å². The lowest BCUT2D eigenvalue weighted by Gasteiger charge is -2.07. The predicted octanol–water partition coefficient (Wildman–Crippen LogP) is 2.54. The highest BCUT2D eigenvalue weighted by Gasteiger charge is 2.11. The predicted molar refractivity (Wildman–Crippen MR) is 93.6 cm³/mol. The molecule has 0 fully saturated rings. The van der Waals surface area contributed by atoms with Crippen LogP contribution in [0.3, 0.4) is 0 Å². The van der Waals surface area contributed by atoms with Crippen molar-refractivity contribution in [1.82, 2.24) is 9.55 Å². The van der Waals surface area contributed by atoms with Gasteiger partial charge in [-0.25, -0.2) is 4.79 Å². The van der Waals surface area contributed by atoms with Gasteiger partial charge in [-0.3, -0.25) is 9.36 Å². The summed E-state index contributed by atoms with van der Waals surface area (Å²) in [6.07, 6.45) is 0. The first kappa shape index (κ1) is 16.0. The van der Waals surface area contributed by atoms with Gasteiger partial charge in [-0.05, 0) is 42.8 Å². The van der Waals surface area contributed by atoms with Crippen LogP contribution >= 0.6 is 0 Å². The Hall–Kier alpha value is -2.86. The van der Waals surface area contributed by atoms with E-state index < -0.39 is 0 Å². The maximum atomic E-state index is 12.4. The number of nitrogens with zero attached hydrogens (tertiary/aromatic N) is 1. The van der Waals surface area contributed by atoms with Crippen LogP contribution in [0.2, 0.25) is 0 Å². The van der Waals surface area contributed by atoms with Crippen molar-refractivity contribution in [2.24, 2.45) is 0 Å². The molecule has 2 aromatic carbocycles. The second kappa shape index (κ2) is 6.72. The quantitative estimate of drug-likeness (QED) is 0.757. The molecule has 0 aliphatic carbocycles. The molecule has 1 aromatic heterocycles. The molecule has 1 heterocycles. The van der Waals surface area contributed by atoms with Crippen LogP contribution in [0.5, 0.6) is 0 Å². The van der Waals surface area contributed by atoms with Gasteiger partial charge >= 0.3 is 5.69 Å². The van der Waals surface area contributed by atoms with Gasteiger partial charge in [0.25, 0.3) is 5.91 Å². The van der Waals surface area contributed by atoms with Crippen LogP contribution in [0.15, 0.2) is 47.3 Å². The number of amides is 1. The summed E-state index contributed by atoms with van der Waals surface area (Å²) < 4.78 is 6.62. The second-order valence-electron chi connectivity index (χ2n) is 5.63. The van der Waals surface area contributed by atoms with Crippen LogP contribution in [-0.4, -0.2) is 29.2 Å². The van der Waals surface area contributed by atoms with Crippen LogP contribution in [0.25, 0.3) is 11.0 Å². The SMILES string of the molecule is COCCn1c(=O)[nH]c2cc(C(=O)Nc3cccc(C)c3)ccc21. The number of rotatable bonds is 5. The molecule has 0 saturated carbocycles. The summed E-state index contributed by atoms with van der Waals surface area (Å²) in [5, 5.41) is 2.86. The van der Waals surface area contributed by atoms with Crippen LogP contribution < -0.4 is 11.0 Å². The fourth-order valence-electron chi connectivity index (χ4n) is 2.64. The van der Waals surface area contributed by atoms with E-state index in [4.69, 9.17) is 4.74 Å². The molecule has 2 N–H and O–H groups in total. The van der Waals surface area contributed by atoms with E-state index in [1.807, 2.05) is 31.2 Å². The number of carbonyl (C=O) groups is 1. The molecule has 3 rings (SSSR count). The van der Waals surface area contributed by atoms with Crippen molar-refractivity contribution in [3.63, 3.8) is 0 Å². The summed E-state index contributed by atoms with van der Waals surface area (Å²) >= 11 is 0. The zero-order valence-electron chi connectivity index (χ0n) is 13.6. The molecule has 3 aromatic rings. The van der Waals surface area contributed by atoms with Crippen molar-refractivity contribution in [2.75, 3.05) is 19.0 Å². The number of ether oxygens (including phenoxy) is 1. The summed E-state index contributed by atoms with van der Waals surface area (Å²) in [5.41, 5.74) is 3.48. The Morgan fingerprint density at radius 3 is 2.83 bits per heavy atom. The lowest BCUT2D eigenvalue weighted by molar-refractivity contribution is 0.102. The molecule has 0 spiro atoms. The molecular weight excluding hydrogens is 306 g/mol. The number of fused-ring (bicyclic) bond motifs is 1. The first-order chi connectivity index (χ1) is 11.6. The third-order valence-corrected chi connectivity index (χ3v) is 3.83. The number of hydrogen-bond acceptors (Lipinski definition) is 3. The van der Waals surface area contributed by atoms with Gasteiger partial charge in [0, 0.05) is 18.4 Å². The normalized spacial score (nSPS) is 10.9. The maximum absolute atomic E-state index is 12.4.